The molecule has 1 amide bonds. The summed E-state index contributed by atoms with van der Waals surface area (Å²) in [5.74, 6) is -6.81. The van der Waals surface area contributed by atoms with Crippen molar-refractivity contribution >= 4 is 23.3 Å². The van der Waals surface area contributed by atoms with Gasteiger partial charge in [0.2, 0.25) is 0 Å². The van der Waals surface area contributed by atoms with E-state index in [9.17, 15) is 32.9 Å². The summed E-state index contributed by atoms with van der Waals surface area (Å²) in [4.78, 5) is 33.7. The van der Waals surface area contributed by atoms with Crippen LogP contribution in [0.3, 0.4) is 0 Å². The predicted molar refractivity (Wildman–Crippen MR) is 83.1 cm³/mol. The number of amides is 1. The lowest BCUT2D eigenvalue weighted by molar-refractivity contribution is -0.385. The van der Waals surface area contributed by atoms with Crippen molar-refractivity contribution in [1.82, 2.24) is 0 Å². The Labute approximate surface area is 144 Å². The van der Waals surface area contributed by atoms with E-state index in [0.717, 1.165) is 12.1 Å². The minimum absolute atomic E-state index is 0.158. The molecule has 0 bridgehead atoms. The van der Waals surface area contributed by atoms with Crippen LogP contribution in [0.25, 0.3) is 0 Å². The van der Waals surface area contributed by atoms with Gasteiger partial charge in [-0.1, -0.05) is 6.07 Å². The molecule has 0 saturated heterocycles. The van der Waals surface area contributed by atoms with Crippen molar-refractivity contribution in [3.63, 3.8) is 0 Å². The number of nitrogens with zero attached hydrogens (tertiary/aromatic N) is 1. The Kier molecular flexibility index (Phi) is 5.55. The van der Waals surface area contributed by atoms with Gasteiger partial charge in [0.05, 0.1) is 16.2 Å². The molecule has 26 heavy (non-hydrogen) atoms. The van der Waals surface area contributed by atoms with Gasteiger partial charge in [-0.05, 0) is 25.1 Å². The fourth-order valence-corrected chi connectivity index (χ4v) is 1.96. The Morgan fingerprint density at radius 3 is 2.50 bits per heavy atom. The molecular formula is C16H11F3N2O5. The molecule has 0 radical (unpaired) electrons. The van der Waals surface area contributed by atoms with Crippen LogP contribution in [0.2, 0.25) is 0 Å². The lowest BCUT2D eigenvalue weighted by Crippen LogP contribution is -2.22. The molecule has 10 heteroatoms. The highest BCUT2D eigenvalue weighted by Gasteiger charge is 2.18. The first-order chi connectivity index (χ1) is 12.2. The van der Waals surface area contributed by atoms with E-state index in [0.29, 0.717) is 11.6 Å². The van der Waals surface area contributed by atoms with Crippen molar-refractivity contribution in [3.05, 3.63) is 69.0 Å². The quantitative estimate of drug-likeness (QED) is 0.378. The van der Waals surface area contributed by atoms with Gasteiger partial charge in [0.15, 0.2) is 24.1 Å². The summed E-state index contributed by atoms with van der Waals surface area (Å²) in [7, 11) is 0. The number of carbonyl (C=O) groups is 2. The average molecular weight is 368 g/mol. The topological polar surface area (TPSA) is 98.5 Å². The van der Waals surface area contributed by atoms with Gasteiger partial charge in [0, 0.05) is 11.6 Å². The number of nitro groups is 1. The standard InChI is InChI=1S/C16H11F3N2O5/c1-8-2-3-9(6-12(8)21(24)25)16(23)26-7-13(22)20-11-5-4-10(17)14(18)15(11)19/h2-6H,7H2,1H3,(H,20,22). The SMILES string of the molecule is Cc1ccc(C(=O)OCC(=O)Nc2ccc(F)c(F)c2F)cc1[N+](=O)[O-]. The van der Waals surface area contributed by atoms with Gasteiger partial charge in [-0.25, -0.2) is 18.0 Å². The number of aryl methyl sites for hydroxylation is 1. The molecule has 1 N–H and O–H groups in total. The third kappa shape index (κ3) is 4.15. The Bertz CT molecular complexity index is 902. The molecule has 0 saturated carbocycles. The van der Waals surface area contributed by atoms with Crippen molar-refractivity contribution in [2.75, 3.05) is 11.9 Å². The van der Waals surface area contributed by atoms with Crippen LogP contribution in [-0.2, 0) is 9.53 Å². The first kappa shape index (κ1) is 18.9. The Morgan fingerprint density at radius 2 is 1.85 bits per heavy atom. The van der Waals surface area contributed by atoms with E-state index in [-0.39, 0.29) is 11.3 Å². The number of ether oxygens (including phenoxy) is 1. The van der Waals surface area contributed by atoms with Crippen molar-refractivity contribution in [1.29, 1.82) is 0 Å². The second-order valence-corrected chi connectivity index (χ2v) is 5.11. The summed E-state index contributed by atoms with van der Waals surface area (Å²) in [6.45, 7) is 0.621. The molecule has 2 aromatic rings. The summed E-state index contributed by atoms with van der Waals surface area (Å²) >= 11 is 0. The Morgan fingerprint density at radius 1 is 1.15 bits per heavy atom. The molecule has 2 rings (SSSR count). The van der Waals surface area contributed by atoms with Crippen LogP contribution in [0.15, 0.2) is 30.3 Å². The monoisotopic (exact) mass is 368 g/mol. The van der Waals surface area contributed by atoms with Crippen LogP contribution in [0, 0.1) is 34.5 Å². The minimum atomic E-state index is -1.76. The predicted octanol–water partition coefficient (Wildman–Crippen LogP) is 3.12. The molecular weight excluding hydrogens is 357 g/mol. The normalized spacial score (nSPS) is 10.3. The lowest BCUT2D eigenvalue weighted by atomic mass is 10.1. The smallest absolute Gasteiger partial charge is 0.338 e. The lowest BCUT2D eigenvalue weighted by Gasteiger charge is -2.08. The first-order valence-corrected chi connectivity index (χ1v) is 7.06. The molecule has 0 spiro atoms. The summed E-state index contributed by atoms with van der Waals surface area (Å²) in [6, 6.07) is 5.02. The largest absolute Gasteiger partial charge is 0.452 e. The molecule has 2 aromatic carbocycles. The molecule has 0 atom stereocenters. The Balaban J connectivity index is 2.01. The van der Waals surface area contributed by atoms with Crippen molar-refractivity contribution in [3.8, 4) is 0 Å². The number of benzene rings is 2. The number of carbonyl (C=O) groups excluding carboxylic acids is 2. The number of nitrogens with one attached hydrogen (secondary N) is 1. The number of rotatable bonds is 5. The molecule has 7 nitrogen and oxygen atoms in total. The summed E-state index contributed by atoms with van der Waals surface area (Å²) in [6.07, 6.45) is 0. The van der Waals surface area contributed by atoms with E-state index in [1.807, 2.05) is 5.32 Å². The van der Waals surface area contributed by atoms with Gasteiger partial charge in [0.25, 0.3) is 11.6 Å². The van der Waals surface area contributed by atoms with Crippen LogP contribution in [0.5, 0.6) is 0 Å². The number of esters is 1. The molecule has 0 aliphatic carbocycles. The second kappa shape index (κ2) is 7.64. The first-order valence-electron chi connectivity index (χ1n) is 7.06. The van der Waals surface area contributed by atoms with Crippen LogP contribution in [-0.4, -0.2) is 23.4 Å². The number of nitro benzene ring substituents is 1. The van der Waals surface area contributed by atoms with Gasteiger partial charge in [-0.3, -0.25) is 14.9 Å². The van der Waals surface area contributed by atoms with Crippen LogP contribution < -0.4 is 5.32 Å². The molecule has 0 fully saturated rings. The fourth-order valence-electron chi connectivity index (χ4n) is 1.96. The van der Waals surface area contributed by atoms with E-state index in [1.165, 1.54) is 19.1 Å². The average Bonchev–Trinajstić information content (AvgIpc) is 2.60. The summed E-state index contributed by atoms with van der Waals surface area (Å²) < 4.78 is 44.0. The van der Waals surface area contributed by atoms with E-state index in [2.05, 4.69) is 4.74 Å². The zero-order valence-electron chi connectivity index (χ0n) is 13.2. The third-order valence-electron chi connectivity index (χ3n) is 3.29. The second-order valence-electron chi connectivity index (χ2n) is 5.11. The van der Waals surface area contributed by atoms with Crippen molar-refractivity contribution < 1.29 is 32.4 Å². The zero-order valence-corrected chi connectivity index (χ0v) is 13.2. The van der Waals surface area contributed by atoms with Gasteiger partial charge in [0.1, 0.15) is 0 Å². The maximum atomic E-state index is 13.4. The molecule has 0 aliphatic heterocycles. The molecule has 0 heterocycles. The molecule has 0 aliphatic rings. The van der Waals surface area contributed by atoms with Gasteiger partial charge in [-0.2, -0.15) is 0 Å². The molecule has 0 aromatic heterocycles. The third-order valence-corrected chi connectivity index (χ3v) is 3.29. The number of anilines is 1. The van der Waals surface area contributed by atoms with E-state index in [1.54, 1.807) is 0 Å². The fraction of sp³-hybridized carbons (Fsp3) is 0.125. The van der Waals surface area contributed by atoms with Crippen LogP contribution in [0.1, 0.15) is 15.9 Å². The van der Waals surface area contributed by atoms with E-state index in [4.69, 9.17) is 0 Å². The summed E-state index contributed by atoms with van der Waals surface area (Å²) in [5.41, 5.74) is -0.754. The maximum Gasteiger partial charge on any atom is 0.338 e. The Hall–Kier alpha value is -3.43. The number of hydrogen-bond acceptors (Lipinski definition) is 5. The van der Waals surface area contributed by atoms with Crippen molar-refractivity contribution in [2.45, 2.75) is 6.92 Å². The highest BCUT2D eigenvalue weighted by atomic mass is 19.2. The van der Waals surface area contributed by atoms with Gasteiger partial charge in [-0.15, -0.1) is 0 Å². The van der Waals surface area contributed by atoms with E-state index >= 15 is 0 Å². The maximum absolute atomic E-state index is 13.4. The molecule has 0 unspecified atom stereocenters. The van der Waals surface area contributed by atoms with Gasteiger partial charge >= 0.3 is 5.97 Å². The van der Waals surface area contributed by atoms with Gasteiger partial charge < -0.3 is 10.1 Å². The van der Waals surface area contributed by atoms with Crippen LogP contribution >= 0.6 is 0 Å². The number of halogens is 3. The zero-order chi connectivity index (χ0) is 19.4. The molecule has 136 valence electrons. The minimum Gasteiger partial charge on any atom is -0.452 e. The van der Waals surface area contributed by atoms with Crippen molar-refractivity contribution in [2.24, 2.45) is 0 Å². The highest BCUT2D eigenvalue weighted by Crippen LogP contribution is 2.21. The van der Waals surface area contributed by atoms with E-state index < -0.39 is 46.5 Å². The highest BCUT2D eigenvalue weighted by molar-refractivity contribution is 5.95. The summed E-state index contributed by atoms with van der Waals surface area (Å²) in [5, 5.41) is 12.8. The number of hydrogen-bond donors (Lipinski definition) is 1. The van der Waals surface area contributed by atoms with Crippen LogP contribution in [0.4, 0.5) is 24.5 Å².